The lowest BCUT2D eigenvalue weighted by Gasteiger charge is -2.28. The zero-order valence-electron chi connectivity index (χ0n) is 18.5. The van der Waals surface area contributed by atoms with Gasteiger partial charge in [0, 0.05) is 38.2 Å². The Balaban J connectivity index is 1.58. The number of hydrogen-bond acceptors (Lipinski definition) is 6. The third-order valence-corrected chi connectivity index (χ3v) is 5.65. The third kappa shape index (κ3) is 4.62. The van der Waals surface area contributed by atoms with Crippen molar-refractivity contribution < 1.29 is 0 Å². The van der Waals surface area contributed by atoms with E-state index in [2.05, 4.69) is 75.3 Å². The van der Waals surface area contributed by atoms with E-state index >= 15 is 0 Å². The molecule has 1 unspecified atom stereocenters. The number of benzene rings is 1. The van der Waals surface area contributed by atoms with E-state index < -0.39 is 5.41 Å². The average Bonchev–Trinajstić information content (AvgIpc) is 3.44. The quantitative estimate of drug-likeness (QED) is 0.572. The molecule has 1 aromatic carbocycles. The molecule has 8 heteroatoms. The van der Waals surface area contributed by atoms with Crippen molar-refractivity contribution in [1.29, 1.82) is 0 Å². The van der Waals surface area contributed by atoms with Gasteiger partial charge in [-0.05, 0) is 29.5 Å². The van der Waals surface area contributed by atoms with E-state index in [-0.39, 0.29) is 0 Å². The van der Waals surface area contributed by atoms with Crippen LogP contribution in [-0.4, -0.2) is 41.6 Å². The van der Waals surface area contributed by atoms with Crippen molar-refractivity contribution in [2.24, 2.45) is 10.9 Å². The van der Waals surface area contributed by atoms with Crippen molar-refractivity contribution in [3.63, 3.8) is 0 Å². The fraction of sp³-hybridized carbons (Fsp3) is 0.478. The summed E-state index contributed by atoms with van der Waals surface area (Å²) in [5.74, 6) is 3.18. The molecule has 2 aromatic heterocycles. The molecule has 3 heterocycles. The number of aromatic nitrogens is 7. The highest BCUT2D eigenvalue weighted by Crippen LogP contribution is 2.36. The van der Waals surface area contributed by atoms with Crippen molar-refractivity contribution in [2.75, 3.05) is 0 Å². The number of aryl methyl sites for hydroxylation is 1. The molecule has 0 aliphatic carbocycles. The normalized spacial score (nSPS) is 18.2. The number of H-pyrrole nitrogens is 1. The maximum Gasteiger partial charge on any atom is 0.189 e. The number of hydrogen-bond donors (Lipinski definition) is 1. The van der Waals surface area contributed by atoms with Crippen LogP contribution in [0.3, 0.4) is 0 Å². The molecule has 1 aliphatic heterocycles. The zero-order valence-corrected chi connectivity index (χ0v) is 18.5. The number of tetrazole rings is 1. The first-order chi connectivity index (χ1) is 15.1. The molecule has 8 nitrogen and oxygen atoms in total. The number of nitrogens with one attached hydrogen (secondary N) is 1. The summed E-state index contributed by atoms with van der Waals surface area (Å²) >= 11 is 0. The molecule has 0 radical (unpaired) electrons. The van der Waals surface area contributed by atoms with Gasteiger partial charge in [0.25, 0.3) is 0 Å². The average molecular weight is 419 g/mol. The Kier molecular flexibility index (Phi) is 6.34. The summed E-state index contributed by atoms with van der Waals surface area (Å²) in [4.78, 5) is 9.08. The molecule has 0 saturated carbocycles. The molecule has 1 atom stereocenters. The lowest BCUT2D eigenvalue weighted by atomic mass is 9.76. The van der Waals surface area contributed by atoms with Crippen molar-refractivity contribution in [1.82, 2.24) is 35.4 Å². The molecule has 0 fully saturated rings. The van der Waals surface area contributed by atoms with Gasteiger partial charge in [-0.2, -0.15) is 10.3 Å². The van der Waals surface area contributed by atoms with Gasteiger partial charge in [-0.15, -0.1) is 10.2 Å². The van der Waals surface area contributed by atoms with Crippen molar-refractivity contribution >= 4 is 6.21 Å². The number of aromatic amines is 1. The summed E-state index contributed by atoms with van der Waals surface area (Å²) in [6, 6.07) is 8.63. The second kappa shape index (κ2) is 9.32. The van der Waals surface area contributed by atoms with Crippen LogP contribution in [0.5, 0.6) is 0 Å². The first-order valence-electron chi connectivity index (χ1n) is 11.1. The van der Waals surface area contributed by atoms with Crippen LogP contribution >= 0.6 is 0 Å². The summed E-state index contributed by atoms with van der Waals surface area (Å²) in [5, 5.41) is 19.6. The second-order valence-corrected chi connectivity index (χ2v) is 8.55. The van der Waals surface area contributed by atoms with E-state index in [0.717, 1.165) is 49.4 Å². The SMILES string of the molecule is CCCCn1nc(CC(C)C)nc1Cc1ccc(C2(c3nn[nH]n3)C=CN=CC2)cc1. The van der Waals surface area contributed by atoms with E-state index in [0.29, 0.717) is 18.2 Å². The summed E-state index contributed by atoms with van der Waals surface area (Å²) in [7, 11) is 0. The summed E-state index contributed by atoms with van der Waals surface area (Å²) in [5.41, 5.74) is 1.88. The highest BCUT2D eigenvalue weighted by molar-refractivity contribution is 5.66. The number of aliphatic imine (C=N–C) groups is 1. The van der Waals surface area contributed by atoms with Crippen LogP contribution in [0.1, 0.15) is 68.6 Å². The highest BCUT2D eigenvalue weighted by atomic mass is 15.5. The van der Waals surface area contributed by atoms with Crippen LogP contribution in [0.25, 0.3) is 0 Å². The molecule has 0 amide bonds. The minimum absolute atomic E-state index is 0.446. The summed E-state index contributed by atoms with van der Waals surface area (Å²) < 4.78 is 2.09. The van der Waals surface area contributed by atoms with E-state index in [1.165, 1.54) is 5.56 Å². The second-order valence-electron chi connectivity index (χ2n) is 8.55. The summed E-state index contributed by atoms with van der Waals surface area (Å²) in [6.07, 6.45) is 10.4. The maximum atomic E-state index is 4.86. The van der Waals surface area contributed by atoms with Crippen LogP contribution in [0.2, 0.25) is 0 Å². The summed E-state index contributed by atoms with van der Waals surface area (Å²) in [6.45, 7) is 7.53. The van der Waals surface area contributed by atoms with Crippen molar-refractivity contribution in [3.05, 3.63) is 65.1 Å². The van der Waals surface area contributed by atoms with Gasteiger partial charge in [0.15, 0.2) is 11.6 Å². The van der Waals surface area contributed by atoms with Crippen LogP contribution in [0.15, 0.2) is 41.5 Å². The Morgan fingerprint density at radius 2 is 2.03 bits per heavy atom. The lowest BCUT2D eigenvalue weighted by molar-refractivity contribution is 0.538. The Bertz CT molecular complexity index is 1030. The number of rotatable bonds is 9. The Labute approximate surface area is 182 Å². The topological polar surface area (TPSA) is 97.5 Å². The van der Waals surface area contributed by atoms with Crippen LogP contribution in [0.4, 0.5) is 0 Å². The third-order valence-electron chi connectivity index (χ3n) is 5.65. The molecule has 31 heavy (non-hydrogen) atoms. The van der Waals surface area contributed by atoms with E-state index in [1.807, 2.05) is 12.3 Å². The fourth-order valence-corrected chi connectivity index (χ4v) is 3.95. The standard InChI is InChI=1S/C23H30N8/c1-4-5-14-31-21(25-20(28-31)15-17(2)3)16-18-6-8-19(9-7-18)23(10-12-24-13-11-23)22-26-29-30-27-22/h6-10,12-13,17H,4-5,11,14-16H2,1-3H3,(H,26,27,29,30). The molecule has 1 aliphatic rings. The molecule has 162 valence electrons. The maximum absolute atomic E-state index is 4.86. The van der Waals surface area contributed by atoms with E-state index in [1.54, 1.807) is 6.20 Å². The van der Waals surface area contributed by atoms with Crippen LogP contribution in [0, 0.1) is 5.92 Å². The van der Waals surface area contributed by atoms with Gasteiger partial charge >= 0.3 is 0 Å². The number of nitrogens with zero attached hydrogens (tertiary/aromatic N) is 7. The molecule has 0 bridgehead atoms. The fourth-order valence-electron chi connectivity index (χ4n) is 3.95. The number of unbranched alkanes of at least 4 members (excludes halogenated alkanes) is 1. The largest absolute Gasteiger partial charge is 0.269 e. The number of allylic oxidation sites excluding steroid dienone is 1. The molecule has 0 spiro atoms. The molecule has 1 N–H and O–H groups in total. The van der Waals surface area contributed by atoms with Gasteiger partial charge in [-0.3, -0.25) is 4.99 Å². The van der Waals surface area contributed by atoms with Gasteiger partial charge in [-0.25, -0.2) is 9.67 Å². The molecule has 4 rings (SSSR count). The molecule has 3 aromatic rings. The molecular weight excluding hydrogens is 388 g/mol. The predicted molar refractivity (Wildman–Crippen MR) is 120 cm³/mol. The van der Waals surface area contributed by atoms with Crippen LogP contribution < -0.4 is 0 Å². The molecular formula is C23H30N8. The van der Waals surface area contributed by atoms with E-state index in [4.69, 9.17) is 10.1 Å². The minimum atomic E-state index is -0.446. The first kappa shape index (κ1) is 21.1. The Morgan fingerprint density at radius 1 is 1.19 bits per heavy atom. The van der Waals surface area contributed by atoms with Gasteiger partial charge in [-0.1, -0.05) is 56.7 Å². The van der Waals surface area contributed by atoms with Gasteiger partial charge in [0.05, 0.1) is 5.41 Å². The van der Waals surface area contributed by atoms with E-state index in [9.17, 15) is 0 Å². The van der Waals surface area contributed by atoms with Crippen molar-refractivity contribution in [2.45, 2.75) is 64.8 Å². The first-order valence-corrected chi connectivity index (χ1v) is 11.1. The van der Waals surface area contributed by atoms with Crippen LogP contribution in [-0.2, 0) is 24.8 Å². The van der Waals surface area contributed by atoms with Gasteiger partial charge in [0.2, 0.25) is 0 Å². The van der Waals surface area contributed by atoms with Gasteiger partial charge in [0.1, 0.15) is 5.82 Å². The smallest absolute Gasteiger partial charge is 0.189 e. The minimum Gasteiger partial charge on any atom is -0.269 e. The Morgan fingerprint density at radius 3 is 2.68 bits per heavy atom. The Hall–Kier alpha value is -3.16. The lowest BCUT2D eigenvalue weighted by Crippen LogP contribution is -2.29. The van der Waals surface area contributed by atoms with Crippen molar-refractivity contribution in [3.8, 4) is 0 Å². The molecule has 0 saturated heterocycles. The highest BCUT2D eigenvalue weighted by Gasteiger charge is 2.36. The predicted octanol–water partition coefficient (Wildman–Crippen LogP) is 3.65. The zero-order chi connectivity index (χ0) is 21.7. The van der Waals surface area contributed by atoms with Gasteiger partial charge < -0.3 is 0 Å². The monoisotopic (exact) mass is 418 g/mol.